The highest BCUT2D eigenvalue weighted by molar-refractivity contribution is 6.01. The van der Waals surface area contributed by atoms with Crippen molar-refractivity contribution in [2.45, 2.75) is 38.2 Å². The van der Waals surface area contributed by atoms with Gasteiger partial charge in [-0.2, -0.15) is 0 Å². The molecule has 0 N–H and O–H groups in total. The number of hydrogen-bond donors (Lipinski definition) is 0. The van der Waals surface area contributed by atoms with Gasteiger partial charge >= 0.3 is 5.97 Å². The van der Waals surface area contributed by atoms with Gasteiger partial charge in [-0.1, -0.05) is 29.4 Å². The van der Waals surface area contributed by atoms with Gasteiger partial charge < -0.3 is 9.57 Å². The molecule has 0 saturated carbocycles. The van der Waals surface area contributed by atoms with Crippen molar-refractivity contribution in [3.05, 3.63) is 41.2 Å². The van der Waals surface area contributed by atoms with Crippen LogP contribution in [0.15, 0.2) is 29.4 Å². The predicted molar refractivity (Wildman–Crippen MR) is 99.1 cm³/mol. The average Bonchev–Trinajstić information content (AvgIpc) is 3.15. The van der Waals surface area contributed by atoms with E-state index in [0.29, 0.717) is 18.0 Å². The number of oxime groups is 1. The molecular weight excluding hydrogens is 330 g/mol. The van der Waals surface area contributed by atoms with E-state index in [2.05, 4.69) is 14.9 Å². The van der Waals surface area contributed by atoms with Gasteiger partial charge in [0.25, 0.3) is 0 Å². The molecule has 26 heavy (non-hydrogen) atoms. The molecule has 1 atom stereocenters. The molecule has 138 valence electrons. The van der Waals surface area contributed by atoms with Gasteiger partial charge in [0.2, 0.25) is 0 Å². The zero-order chi connectivity index (χ0) is 18.4. The fourth-order valence-corrected chi connectivity index (χ4v) is 3.59. The number of esters is 1. The first-order valence-corrected chi connectivity index (χ1v) is 9.17. The van der Waals surface area contributed by atoms with Gasteiger partial charge in [-0.15, -0.1) is 0 Å². The van der Waals surface area contributed by atoms with Gasteiger partial charge in [0.05, 0.1) is 19.4 Å². The van der Waals surface area contributed by atoms with Crippen LogP contribution in [0.5, 0.6) is 0 Å². The Hall–Kier alpha value is -2.39. The zero-order valence-corrected chi connectivity index (χ0v) is 15.2. The first-order chi connectivity index (χ1) is 12.7. The van der Waals surface area contributed by atoms with Gasteiger partial charge in [0, 0.05) is 19.4 Å². The summed E-state index contributed by atoms with van der Waals surface area (Å²) in [4.78, 5) is 22.7. The molecule has 0 aliphatic carbocycles. The van der Waals surface area contributed by atoms with Crippen molar-refractivity contribution in [1.29, 1.82) is 0 Å². The highest BCUT2D eigenvalue weighted by Gasteiger charge is 2.27. The van der Waals surface area contributed by atoms with Gasteiger partial charge in [-0.25, -0.2) is 4.85 Å². The SMILES string of the molecule is [C-]#[N+]c1ccc(C2=NOC(CN3CCC(CCC(=O)OC)CC3)C2)cc1. The van der Waals surface area contributed by atoms with Crippen LogP contribution < -0.4 is 0 Å². The molecule has 1 unspecified atom stereocenters. The van der Waals surface area contributed by atoms with Crippen molar-refractivity contribution in [2.75, 3.05) is 26.7 Å². The normalized spacial score (nSPS) is 20.9. The van der Waals surface area contributed by atoms with Gasteiger partial charge in [-0.05, 0) is 43.8 Å². The van der Waals surface area contributed by atoms with Gasteiger partial charge in [0.15, 0.2) is 5.69 Å². The number of nitrogens with zero attached hydrogens (tertiary/aromatic N) is 3. The monoisotopic (exact) mass is 355 g/mol. The highest BCUT2D eigenvalue weighted by Crippen LogP contribution is 2.25. The number of benzene rings is 1. The number of ether oxygens (including phenoxy) is 1. The second-order valence-corrected chi connectivity index (χ2v) is 6.99. The van der Waals surface area contributed by atoms with Crippen LogP contribution in [0, 0.1) is 12.5 Å². The summed E-state index contributed by atoms with van der Waals surface area (Å²) in [6.07, 6.45) is 4.59. The molecule has 0 aromatic heterocycles. The van der Waals surface area contributed by atoms with Crippen LogP contribution in [0.4, 0.5) is 5.69 Å². The lowest BCUT2D eigenvalue weighted by atomic mass is 9.92. The van der Waals surface area contributed by atoms with E-state index in [9.17, 15) is 4.79 Å². The number of piperidine rings is 1. The molecule has 1 aromatic carbocycles. The fourth-order valence-electron chi connectivity index (χ4n) is 3.59. The molecule has 2 heterocycles. The van der Waals surface area contributed by atoms with Crippen molar-refractivity contribution >= 4 is 17.4 Å². The minimum absolute atomic E-state index is 0.0946. The van der Waals surface area contributed by atoms with Crippen LogP contribution in [-0.4, -0.2) is 49.4 Å². The van der Waals surface area contributed by atoms with Crippen LogP contribution in [0.1, 0.15) is 37.7 Å². The average molecular weight is 355 g/mol. The van der Waals surface area contributed by atoms with E-state index in [1.807, 2.05) is 24.3 Å². The Balaban J connectivity index is 1.40. The number of carbonyl (C=O) groups excluding carboxylic acids is 1. The Morgan fingerprint density at radius 1 is 1.35 bits per heavy atom. The molecule has 2 aliphatic rings. The third-order valence-corrected chi connectivity index (χ3v) is 5.22. The van der Waals surface area contributed by atoms with E-state index < -0.39 is 0 Å². The van der Waals surface area contributed by atoms with Gasteiger partial charge in [-0.3, -0.25) is 9.69 Å². The molecule has 1 aromatic rings. The van der Waals surface area contributed by atoms with Crippen molar-refractivity contribution < 1.29 is 14.4 Å². The lowest BCUT2D eigenvalue weighted by Crippen LogP contribution is -2.39. The number of methoxy groups -OCH3 is 1. The van der Waals surface area contributed by atoms with Crippen LogP contribution in [0.25, 0.3) is 4.85 Å². The molecule has 1 fully saturated rings. The summed E-state index contributed by atoms with van der Waals surface area (Å²) < 4.78 is 4.72. The largest absolute Gasteiger partial charge is 0.469 e. The molecule has 0 spiro atoms. The summed E-state index contributed by atoms with van der Waals surface area (Å²) in [6.45, 7) is 9.98. The Kier molecular flexibility index (Phi) is 6.24. The second-order valence-electron chi connectivity index (χ2n) is 6.99. The van der Waals surface area contributed by atoms with Crippen LogP contribution >= 0.6 is 0 Å². The van der Waals surface area contributed by atoms with Crippen LogP contribution in [-0.2, 0) is 14.4 Å². The molecule has 1 saturated heterocycles. The lowest BCUT2D eigenvalue weighted by Gasteiger charge is -2.32. The number of carbonyl (C=O) groups is 1. The summed E-state index contributed by atoms with van der Waals surface area (Å²) in [5.41, 5.74) is 2.63. The third-order valence-electron chi connectivity index (χ3n) is 5.22. The Bertz CT molecular complexity index is 685. The summed E-state index contributed by atoms with van der Waals surface area (Å²) in [7, 11) is 1.45. The number of likely N-dealkylation sites (tertiary alicyclic amines) is 1. The number of hydrogen-bond acceptors (Lipinski definition) is 5. The molecule has 0 bridgehead atoms. The molecule has 6 heteroatoms. The molecule has 2 aliphatic heterocycles. The van der Waals surface area contributed by atoms with Crippen molar-refractivity contribution in [3.63, 3.8) is 0 Å². The highest BCUT2D eigenvalue weighted by atomic mass is 16.6. The maximum absolute atomic E-state index is 11.3. The smallest absolute Gasteiger partial charge is 0.305 e. The second kappa shape index (κ2) is 8.81. The molecular formula is C20H25N3O3. The first kappa shape index (κ1) is 18.4. The standard InChI is InChI=1S/C20H25N3O3/c1-21-17-6-4-16(5-7-17)19-13-18(26-22-19)14-23-11-9-15(10-12-23)3-8-20(24)25-2/h4-7,15,18H,3,8-14H2,2H3. The van der Waals surface area contributed by atoms with Crippen LogP contribution in [0.2, 0.25) is 0 Å². The Morgan fingerprint density at radius 3 is 2.73 bits per heavy atom. The maximum Gasteiger partial charge on any atom is 0.305 e. The lowest BCUT2D eigenvalue weighted by molar-refractivity contribution is -0.141. The molecule has 3 rings (SSSR count). The first-order valence-electron chi connectivity index (χ1n) is 9.17. The zero-order valence-electron chi connectivity index (χ0n) is 15.2. The maximum atomic E-state index is 11.3. The van der Waals surface area contributed by atoms with Crippen LogP contribution in [0.3, 0.4) is 0 Å². The number of rotatable bonds is 6. The molecule has 0 amide bonds. The Morgan fingerprint density at radius 2 is 2.08 bits per heavy atom. The predicted octanol–water partition coefficient (Wildman–Crippen LogP) is 3.40. The van der Waals surface area contributed by atoms with Crippen molar-refractivity contribution in [2.24, 2.45) is 11.1 Å². The van der Waals surface area contributed by atoms with Crippen molar-refractivity contribution in [3.8, 4) is 0 Å². The minimum Gasteiger partial charge on any atom is -0.469 e. The van der Waals surface area contributed by atoms with E-state index in [0.717, 1.165) is 56.6 Å². The summed E-state index contributed by atoms with van der Waals surface area (Å²) in [5, 5.41) is 4.24. The summed E-state index contributed by atoms with van der Waals surface area (Å²) in [5.74, 6) is 0.503. The molecule has 6 nitrogen and oxygen atoms in total. The van der Waals surface area contributed by atoms with E-state index in [-0.39, 0.29) is 12.1 Å². The van der Waals surface area contributed by atoms with E-state index in [1.54, 1.807) is 0 Å². The topological polar surface area (TPSA) is 55.5 Å². The van der Waals surface area contributed by atoms with E-state index in [4.69, 9.17) is 16.1 Å². The van der Waals surface area contributed by atoms with Crippen molar-refractivity contribution in [1.82, 2.24) is 4.90 Å². The van der Waals surface area contributed by atoms with E-state index in [1.165, 1.54) is 7.11 Å². The molecule has 0 radical (unpaired) electrons. The third kappa shape index (κ3) is 4.83. The quantitative estimate of drug-likeness (QED) is 0.580. The van der Waals surface area contributed by atoms with E-state index >= 15 is 0 Å². The van der Waals surface area contributed by atoms with Gasteiger partial charge in [0.1, 0.15) is 6.10 Å². The Labute approximate surface area is 154 Å². The fraction of sp³-hybridized carbons (Fsp3) is 0.550. The summed E-state index contributed by atoms with van der Waals surface area (Å²) >= 11 is 0. The summed E-state index contributed by atoms with van der Waals surface area (Å²) in [6, 6.07) is 7.50. The minimum atomic E-state index is -0.110.